The van der Waals surface area contributed by atoms with Crippen molar-refractivity contribution in [3.05, 3.63) is 34.3 Å². The average Bonchev–Trinajstić information content (AvgIpc) is 3.06. The van der Waals surface area contributed by atoms with Crippen LogP contribution in [-0.4, -0.2) is 57.4 Å². The number of guanidine groups is 1. The van der Waals surface area contributed by atoms with Gasteiger partial charge in [-0.15, -0.1) is 0 Å². The Morgan fingerprint density at radius 1 is 1.33 bits per heavy atom. The SMILES string of the molecule is CCNC(=NCc1ccc(Br)cc1)N1CCC(COCCOC)C1. The molecule has 1 fully saturated rings. The van der Waals surface area contributed by atoms with E-state index in [4.69, 9.17) is 14.5 Å². The lowest BCUT2D eigenvalue weighted by Gasteiger charge is -2.21. The van der Waals surface area contributed by atoms with Gasteiger partial charge in [0.25, 0.3) is 0 Å². The molecule has 0 aromatic heterocycles. The molecule has 1 atom stereocenters. The molecule has 2 rings (SSSR count). The number of methoxy groups -OCH3 is 1. The zero-order valence-electron chi connectivity index (χ0n) is 14.6. The largest absolute Gasteiger partial charge is 0.382 e. The maximum atomic E-state index is 5.67. The average molecular weight is 398 g/mol. The first-order valence-electron chi connectivity index (χ1n) is 8.57. The van der Waals surface area contributed by atoms with E-state index in [0.717, 1.165) is 43.1 Å². The first-order valence-corrected chi connectivity index (χ1v) is 9.36. The number of ether oxygens (including phenoxy) is 2. The minimum atomic E-state index is 0.568. The summed E-state index contributed by atoms with van der Waals surface area (Å²) in [6, 6.07) is 8.32. The minimum Gasteiger partial charge on any atom is -0.382 e. The van der Waals surface area contributed by atoms with Gasteiger partial charge in [-0.25, -0.2) is 4.99 Å². The van der Waals surface area contributed by atoms with Gasteiger partial charge in [-0.05, 0) is 31.0 Å². The van der Waals surface area contributed by atoms with E-state index >= 15 is 0 Å². The quantitative estimate of drug-likeness (QED) is 0.416. The predicted octanol–water partition coefficient (Wildman–Crippen LogP) is 2.90. The lowest BCUT2D eigenvalue weighted by Crippen LogP contribution is -2.40. The second kappa shape index (κ2) is 10.7. The summed E-state index contributed by atoms with van der Waals surface area (Å²) >= 11 is 3.47. The number of nitrogens with one attached hydrogen (secondary N) is 1. The van der Waals surface area contributed by atoms with Crippen LogP contribution < -0.4 is 5.32 Å². The van der Waals surface area contributed by atoms with Crippen molar-refractivity contribution in [3.63, 3.8) is 0 Å². The molecule has 6 heteroatoms. The summed E-state index contributed by atoms with van der Waals surface area (Å²) < 4.78 is 11.8. The molecule has 0 saturated carbocycles. The van der Waals surface area contributed by atoms with Gasteiger partial charge in [0.1, 0.15) is 0 Å². The summed E-state index contributed by atoms with van der Waals surface area (Å²) in [7, 11) is 1.70. The number of likely N-dealkylation sites (tertiary alicyclic amines) is 1. The molecule has 1 N–H and O–H groups in total. The Balaban J connectivity index is 1.85. The second-order valence-electron chi connectivity index (χ2n) is 5.97. The Bertz CT molecular complexity index is 507. The van der Waals surface area contributed by atoms with E-state index in [1.807, 2.05) is 0 Å². The highest BCUT2D eigenvalue weighted by Crippen LogP contribution is 2.17. The highest BCUT2D eigenvalue weighted by molar-refractivity contribution is 9.10. The third-order valence-corrected chi connectivity index (χ3v) is 4.56. The van der Waals surface area contributed by atoms with Crippen LogP contribution in [0.2, 0.25) is 0 Å². The fraction of sp³-hybridized carbons (Fsp3) is 0.611. The molecule has 0 radical (unpaired) electrons. The summed E-state index contributed by atoms with van der Waals surface area (Å²) in [6.07, 6.45) is 1.15. The van der Waals surface area contributed by atoms with Gasteiger partial charge < -0.3 is 19.7 Å². The molecule has 0 amide bonds. The lowest BCUT2D eigenvalue weighted by molar-refractivity contribution is 0.0536. The van der Waals surface area contributed by atoms with Crippen molar-refractivity contribution in [2.24, 2.45) is 10.9 Å². The molecule has 1 aromatic carbocycles. The summed E-state index contributed by atoms with van der Waals surface area (Å²) in [4.78, 5) is 7.13. The highest BCUT2D eigenvalue weighted by Gasteiger charge is 2.24. The van der Waals surface area contributed by atoms with Gasteiger partial charge in [0.15, 0.2) is 5.96 Å². The summed E-state index contributed by atoms with van der Waals surface area (Å²) in [5.74, 6) is 1.57. The van der Waals surface area contributed by atoms with Crippen LogP contribution in [0.25, 0.3) is 0 Å². The van der Waals surface area contributed by atoms with Gasteiger partial charge in [-0.1, -0.05) is 28.1 Å². The van der Waals surface area contributed by atoms with Crippen molar-refractivity contribution >= 4 is 21.9 Å². The predicted molar refractivity (Wildman–Crippen MR) is 101 cm³/mol. The fourth-order valence-electron chi connectivity index (χ4n) is 2.74. The Morgan fingerprint density at radius 2 is 2.12 bits per heavy atom. The number of hydrogen-bond donors (Lipinski definition) is 1. The van der Waals surface area contributed by atoms with E-state index in [2.05, 4.69) is 57.3 Å². The van der Waals surface area contributed by atoms with Gasteiger partial charge in [0.2, 0.25) is 0 Å². The van der Waals surface area contributed by atoms with E-state index in [1.165, 1.54) is 5.56 Å². The molecular weight excluding hydrogens is 370 g/mol. The first-order chi connectivity index (χ1) is 11.7. The molecule has 0 bridgehead atoms. The van der Waals surface area contributed by atoms with Crippen LogP contribution in [-0.2, 0) is 16.0 Å². The van der Waals surface area contributed by atoms with Gasteiger partial charge in [-0.2, -0.15) is 0 Å². The molecule has 0 spiro atoms. The van der Waals surface area contributed by atoms with Crippen molar-refractivity contribution in [1.82, 2.24) is 10.2 Å². The van der Waals surface area contributed by atoms with Crippen LogP contribution in [0.3, 0.4) is 0 Å². The second-order valence-corrected chi connectivity index (χ2v) is 6.88. The summed E-state index contributed by atoms with van der Waals surface area (Å²) in [5, 5.41) is 3.41. The standard InChI is InChI=1S/C18H28BrN3O2/c1-3-20-18(21-12-15-4-6-17(19)7-5-15)22-9-8-16(13-22)14-24-11-10-23-2/h4-7,16H,3,8-14H2,1-2H3,(H,20,21). The minimum absolute atomic E-state index is 0.568. The van der Waals surface area contributed by atoms with E-state index in [-0.39, 0.29) is 0 Å². The molecule has 1 aliphatic heterocycles. The molecule has 1 unspecified atom stereocenters. The van der Waals surface area contributed by atoms with E-state index < -0.39 is 0 Å². The van der Waals surface area contributed by atoms with Gasteiger partial charge in [-0.3, -0.25) is 0 Å². The Morgan fingerprint density at radius 3 is 2.83 bits per heavy atom. The van der Waals surface area contributed by atoms with Crippen LogP contribution in [0, 0.1) is 5.92 Å². The van der Waals surface area contributed by atoms with Crippen molar-refractivity contribution in [1.29, 1.82) is 0 Å². The molecule has 5 nitrogen and oxygen atoms in total. The molecule has 0 aliphatic carbocycles. The van der Waals surface area contributed by atoms with Crippen molar-refractivity contribution in [2.75, 3.05) is 46.6 Å². The van der Waals surface area contributed by atoms with Gasteiger partial charge >= 0.3 is 0 Å². The van der Waals surface area contributed by atoms with Crippen molar-refractivity contribution < 1.29 is 9.47 Å². The Hall–Kier alpha value is -1.11. The number of halogens is 1. The summed E-state index contributed by atoms with van der Waals surface area (Å²) in [5.41, 5.74) is 1.22. The summed E-state index contributed by atoms with van der Waals surface area (Å²) in [6.45, 7) is 7.84. The number of hydrogen-bond acceptors (Lipinski definition) is 3. The van der Waals surface area contributed by atoms with Gasteiger partial charge in [0.05, 0.1) is 26.4 Å². The maximum absolute atomic E-state index is 5.67. The number of nitrogens with zero attached hydrogens (tertiary/aromatic N) is 2. The van der Waals surface area contributed by atoms with Crippen LogP contribution in [0.15, 0.2) is 33.7 Å². The van der Waals surface area contributed by atoms with Crippen LogP contribution in [0.1, 0.15) is 18.9 Å². The molecular formula is C18H28BrN3O2. The normalized spacial score (nSPS) is 18.2. The van der Waals surface area contributed by atoms with E-state index in [0.29, 0.717) is 25.7 Å². The smallest absolute Gasteiger partial charge is 0.194 e. The topological polar surface area (TPSA) is 46.1 Å². The Kier molecular flexibility index (Phi) is 8.56. The number of aliphatic imine (C=N–C) groups is 1. The third kappa shape index (κ3) is 6.42. The van der Waals surface area contributed by atoms with Gasteiger partial charge in [0, 0.05) is 37.1 Å². The van der Waals surface area contributed by atoms with Crippen molar-refractivity contribution in [2.45, 2.75) is 19.9 Å². The fourth-order valence-corrected chi connectivity index (χ4v) is 3.00. The molecule has 1 saturated heterocycles. The van der Waals surface area contributed by atoms with E-state index in [1.54, 1.807) is 7.11 Å². The van der Waals surface area contributed by atoms with Crippen LogP contribution in [0.4, 0.5) is 0 Å². The maximum Gasteiger partial charge on any atom is 0.194 e. The zero-order valence-corrected chi connectivity index (χ0v) is 16.2. The van der Waals surface area contributed by atoms with E-state index in [9.17, 15) is 0 Å². The monoisotopic (exact) mass is 397 g/mol. The first kappa shape index (κ1) is 19.2. The molecule has 1 aliphatic rings. The molecule has 1 aromatic rings. The van der Waals surface area contributed by atoms with Crippen LogP contribution >= 0.6 is 15.9 Å². The third-order valence-electron chi connectivity index (χ3n) is 4.03. The number of rotatable bonds is 8. The Labute approximate surface area is 153 Å². The molecule has 24 heavy (non-hydrogen) atoms. The number of benzene rings is 1. The highest BCUT2D eigenvalue weighted by atomic mass is 79.9. The molecule has 134 valence electrons. The van der Waals surface area contributed by atoms with Crippen molar-refractivity contribution in [3.8, 4) is 0 Å². The molecule has 1 heterocycles. The zero-order chi connectivity index (χ0) is 17.2. The lowest BCUT2D eigenvalue weighted by atomic mass is 10.1. The van der Waals surface area contributed by atoms with Crippen LogP contribution in [0.5, 0.6) is 0 Å².